The summed E-state index contributed by atoms with van der Waals surface area (Å²) in [6.45, 7) is 1.72. The van der Waals surface area contributed by atoms with Crippen LogP contribution in [0.15, 0.2) is 72.6 Å². The van der Waals surface area contributed by atoms with Gasteiger partial charge in [-0.25, -0.2) is 4.98 Å². The standard InChI is InChI=1S/C27H24ClF3N6O/c1-16-14-37(15-34-16)23-12-19(27(29,30)31)11-22(13-23)36-26(38)18-3-8-24(28)17(10-18)2-4-20(32)5-9-25(33)35-21-6-7-21/h3,5,8-15,21,35H,6-7,32-33H2,1H3,(H,36,38)/b20-5-,25-9+. The van der Waals surface area contributed by atoms with Crippen molar-refractivity contribution in [2.24, 2.45) is 11.5 Å². The van der Waals surface area contributed by atoms with Crippen LogP contribution in [0.3, 0.4) is 0 Å². The summed E-state index contributed by atoms with van der Waals surface area (Å²) in [4.78, 5) is 17.0. The van der Waals surface area contributed by atoms with E-state index in [-0.39, 0.29) is 27.7 Å². The predicted octanol–water partition coefficient (Wildman–Crippen LogP) is 4.85. The highest BCUT2D eigenvalue weighted by Crippen LogP contribution is 2.33. The van der Waals surface area contributed by atoms with Crippen molar-refractivity contribution < 1.29 is 18.0 Å². The molecule has 2 aromatic carbocycles. The Kier molecular flexibility index (Phi) is 7.69. The van der Waals surface area contributed by atoms with E-state index in [1.54, 1.807) is 25.3 Å². The molecule has 1 aromatic heterocycles. The number of imidazole rings is 1. The van der Waals surface area contributed by atoms with Crippen LogP contribution in [0, 0.1) is 18.8 Å². The molecule has 0 atom stereocenters. The van der Waals surface area contributed by atoms with Gasteiger partial charge in [0.2, 0.25) is 0 Å². The fraction of sp³-hybridized carbons (Fsp3) is 0.185. The summed E-state index contributed by atoms with van der Waals surface area (Å²) in [5.41, 5.74) is 12.3. The van der Waals surface area contributed by atoms with E-state index in [9.17, 15) is 18.0 Å². The Balaban J connectivity index is 1.55. The number of aromatic nitrogens is 2. The monoisotopic (exact) mass is 540 g/mol. The maximum absolute atomic E-state index is 13.5. The summed E-state index contributed by atoms with van der Waals surface area (Å²) >= 11 is 6.23. The third-order valence-electron chi connectivity index (χ3n) is 5.47. The summed E-state index contributed by atoms with van der Waals surface area (Å²) in [6, 6.07) is 8.03. The van der Waals surface area contributed by atoms with Crippen molar-refractivity contribution >= 4 is 23.2 Å². The number of alkyl halides is 3. The van der Waals surface area contributed by atoms with Gasteiger partial charge >= 0.3 is 6.18 Å². The normalized spacial score (nSPS) is 14.0. The minimum atomic E-state index is -4.62. The molecule has 0 spiro atoms. The van der Waals surface area contributed by atoms with Crippen molar-refractivity contribution in [3.63, 3.8) is 0 Å². The first kappa shape index (κ1) is 26.7. The average molecular weight is 541 g/mol. The van der Waals surface area contributed by atoms with Gasteiger partial charge in [-0.15, -0.1) is 0 Å². The third-order valence-corrected chi connectivity index (χ3v) is 5.80. The molecule has 0 aliphatic heterocycles. The lowest BCUT2D eigenvalue weighted by Gasteiger charge is -2.14. The highest BCUT2D eigenvalue weighted by molar-refractivity contribution is 6.32. The third kappa shape index (κ3) is 7.11. The number of halogens is 4. The second-order valence-corrected chi connectivity index (χ2v) is 9.16. The molecule has 11 heteroatoms. The van der Waals surface area contributed by atoms with Crippen LogP contribution in [0.1, 0.15) is 40.0 Å². The molecule has 4 rings (SSSR count). The molecule has 6 N–H and O–H groups in total. The molecule has 0 saturated heterocycles. The molecule has 1 amide bonds. The fourth-order valence-corrected chi connectivity index (χ4v) is 3.56. The number of amides is 1. The highest BCUT2D eigenvalue weighted by atomic mass is 35.5. The Morgan fingerprint density at radius 3 is 2.61 bits per heavy atom. The zero-order valence-corrected chi connectivity index (χ0v) is 21.0. The van der Waals surface area contributed by atoms with Gasteiger partial charge in [0.25, 0.3) is 5.91 Å². The quantitative estimate of drug-likeness (QED) is 0.264. The predicted molar refractivity (Wildman–Crippen MR) is 140 cm³/mol. The molecule has 38 heavy (non-hydrogen) atoms. The maximum Gasteiger partial charge on any atom is 0.416 e. The average Bonchev–Trinajstić information content (AvgIpc) is 3.57. The molecule has 0 bridgehead atoms. The Morgan fingerprint density at radius 2 is 1.95 bits per heavy atom. The van der Waals surface area contributed by atoms with E-state index >= 15 is 0 Å². The number of nitrogens with zero attached hydrogens (tertiary/aromatic N) is 2. The number of hydrogen-bond donors (Lipinski definition) is 4. The van der Waals surface area contributed by atoms with Crippen LogP contribution in [-0.2, 0) is 6.18 Å². The molecule has 1 aliphatic carbocycles. The van der Waals surface area contributed by atoms with Crippen LogP contribution in [0.25, 0.3) is 5.69 Å². The number of anilines is 1. The first-order valence-electron chi connectivity index (χ1n) is 11.5. The van der Waals surface area contributed by atoms with Crippen LogP contribution in [0.5, 0.6) is 0 Å². The Labute approximate surface area is 222 Å². The molecule has 1 heterocycles. The van der Waals surface area contributed by atoms with Crippen LogP contribution in [0.4, 0.5) is 18.9 Å². The van der Waals surface area contributed by atoms with Gasteiger partial charge in [0.15, 0.2) is 0 Å². The molecule has 7 nitrogen and oxygen atoms in total. The first-order valence-corrected chi connectivity index (χ1v) is 11.9. The number of allylic oxidation sites excluding steroid dienone is 3. The van der Waals surface area contributed by atoms with Crippen LogP contribution >= 0.6 is 11.6 Å². The second-order valence-electron chi connectivity index (χ2n) is 8.75. The number of benzene rings is 2. The summed E-state index contributed by atoms with van der Waals surface area (Å²) in [5, 5.41) is 5.92. The molecule has 3 aromatic rings. The summed E-state index contributed by atoms with van der Waals surface area (Å²) in [7, 11) is 0. The lowest BCUT2D eigenvalue weighted by molar-refractivity contribution is -0.137. The second kappa shape index (κ2) is 10.9. The SMILES string of the molecule is Cc1cn(-c2cc(NC(=O)c3ccc(Cl)c(C#C/C(N)=C/C=C(\N)NC4CC4)c3)cc(C(F)(F)F)c2)cn1. The van der Waals surface area contributed by atoms with E-state index in [1.807, 2.05) is 0 Å². The molecule has 196 valence electrons. The summed E-state index contributed by atoms with van der Waals surface area (Å²) < 4.78 is 42.1. The van der Waals surface area contributed by atoms with Crippen molar-refractivity contribution in [1.29, 1.82) is 0 Å². The number of carbonyl (C=O) groups excluding carboxylic acids is 1. The minimum Gasteiger partial charge on any atom is -0.392 e. The lowest BCUT2D eigenvalue weighted by atomic mass is 10.1. The molecule has 1 fully saturated rings. The van der Waals surface area contributed by atoms with Crippen molar-refractivity contribution in [3.05, 3.63) is 100.0 Å². The molecular formula is C27H24ClF3N6O. The Hall–Kier alpha value is -4.36. The van der Waals surface area contributed by atoms with Crippen molar-refractivity contribution in [3.8, 4) is 17.5 Å². The zero-order valence-electron chi connectivity index (χ0n) is 20.2. The van der Waals surface area contributed by atoms with Gasteiger partial charge in [-0.05, 0) is 74.2 Å². The summed E-state index contributed by atoms with van der Waals surface area (Å²) in [6.07, 6.45) is 3.69. The first-order chi connectivity index (χ1) is 18.0. The van der Waals surface area contributed by atoms with Gasteiger partial charge in [0.05, 0.1) is 34.1 Å². The minimum absolute atomic E-state index is 0.0369. The molecular weight excluding hydrogens is 517 g/mol. The smallest absolute Gasteiger partial charge is 0.392 e. The number of hydrogen-bond acceptors (Lipinski definition) is 5. The van der Waals surface area contributed by atoms with Gasteiger partial charge in [-0.2, -0.15) is 13.2 Å². The number of rotatable bonds is 6. The highest BCUT2D eigenvalue weighted by Gasteiger charge is 2.31. The lowest BCUT2D eigenvalue weighted by Crippen LogP contribution is -2.21. The van der Waals surface area contributed by atoms with E-state index in [4.69, 9.17) is 23.1 Å². The van der Waals surface area contributed by atoms with E-state index in [0.29, 0.717) is 23.1 Å². The van der Waals surface area contributed by atoms with Crippen LogP contribution in [-0.4, -0.2) is 21.5 Å². The fourth-order valence-electron chi connectivity index (χ4n) is 3.40. The maximum atomic E-state index is 13.5. The summed E-state index contributed by atoms with van der Waals surface area (Å²) in [5.74, 6) is 5.39. The number of nitrogens with two attached hydrogens (primary N) is 2. The van der Waals surface area contributed by atoms with Gasteiger partial charge in [0.1, 0.15) is 0 Å². The Bertz CT molecular complexity index is 1490. The Morgan fingerprint density at radius 1 is 1.18 bits per heavy atom. The van der Waals surface area contributed by atoms with E-state index in [0.717, 1.165) is 25.0 Å². The van der Waals surface area contributed by atoms with Crippen molar-refractivity contribution in [2.45, 2.75) is 32.0 Å². The van der Waals surface area contributed by atoms with Crippen LogP contribution in [0.2, 0.25) is 5.02 Å². The molecule has 1 aliphatic rings. The molecule has 0 radical (unpaired) electrons. The number of carbonyl (C=O) groups is 1. The van der Waals surface area contributed by atoms with Crippen molar-refractivity contribution in [2.75, 3.05) is 5.32 Å². The van der Waals surface area contributed by atoms with Gasteiger partial charge in [-0.3, -0.25) is 4.79 Å². The zero-order chi connectivity index (χ0) is 27.4. The van der Waals surface area contributed by atoms with Crippen LogP contribution < -0.4 is 22.1 Å². The molecule has 0 unspecified atom stereocenters. The van der Waals surface area contributed by atoms with Crippen molar-refractivity contribution in [1.82, 2.24) is 14.9 Å². The number of nitrogens with one attached hydrogen (secondary N) is 2. The van der Waals surface area contributed by atoms with E-state index in [2.05, 4.69) is 27.5 Å². The van der Waals surface area contributed by atoms with Gasteiger partial charge < -0.3 is 26.7 Å². The largest absolute Gasteiger partial charge is 0.416 e. The molecule has 1 saturated carbocycles. The van der Waals surface area contributed by atoms with E-state index < -0.39 is 17.6 Å². The topological polar surface area (TPSA) is 111 Å². The number of aryl methyl sites for hydroxylation is 1. The van der Waals surface area contributed by atoms with E-state index in [1.165, 1.54) is 35.2 Å². The van der Waals surface area contributed by atoms with Gasteiger partial charge in [-0.1, -0.05) is 17.5 Å². The van der Waals surface area contributed by atoms with Gasteiger partial charge in [0, 0.05) is 34.7 Å².